The van der Waals surface area contributed by atoms with Gasteiger partial charge in [-0.1, -0.05) is 6.07 Å². The smallest absolute Gasteiger partial charge is 0.338 e. The second kappa shape index (κ2) is 4.68. The monoisotopic (exact) mass is 259 g/mol. The highest BCUT2D eigenvalue weighted by atomic mass is 16.5. The minimum atomic E-state index is -0.322. The molecule has 1 aromatic carbocycles. The molecule has 4 heteroatoms. The minimum Gasteiger partial charge on any atom is -0.465 e. The van der Waals surface area contributed by atoms with Gasteiger partial charge in [0.2, 0.25) is 5.91 Å². The van der Waals surface area contributed by atoms with Gasteiger partial charge < -0.3 is 9.64 Å². The van der Waals surface area contributed by atoms with E-state index in [0.29, 0.717) is 5.56 Å². The fourth-order valence-electron chi connectivity index (χ4n) is 2.71. The molecule has 1 amide bonds. The van der Waals surface area contributed by atoms with Crippen molar-refractivity contribution in [2.45, 2.75) is 25.7 Å². The van der Waals surface area contributed by atoms with E-state index >= 15 is 0 Å². The van der Waals surface area contributed by atoms with Crippen LogP contribution in [0.15, 0.2) is 18.2 Å². The standard InChI is InChI=1S/C15H17NO3/c1-19-15(18)12-4-2-6-13-11(12)5-3-9-16(13)14(17)10-7-8-10/h2,4,6,10H,3,5,7-9H2,1H3. The first-order chi connectivity index (χ1) is 9.22. The van der Waals surface area contributed by atoms with E-state index in [2.05, 4.69) is 0 Å². The van der Waals surface area contributed by atoms with Gasteiger partial charge in [0.25, 0.3) is 0 Å². The maximum Gasteiger partial charge on any atom is 0.338 e. The number of hydrogen-bond acceptors (Lipinski definition) is 3. The van der Waals surface area contributed by atoms with E-state index in [9.17, 15) is 9.59 Å². The maximum absolute atomic E-state index is 12.3. The molecule has 0 atom stereocenters. The summed E-state index contributed by atoms with van der Waals surface area (Å²) in [5.41, 5.74) is 2.44. The Labute approximate surface area is 112 Å². The molecule has 1 aliphatic heterocycles. The number of benzene rings is 1. The van der Waals surface area contributed by atoms with E-state index in [-0.39, 0.29) is 17.8 Å². The average molecular weight is 259 g/mol. The molecule has 1 aromatic rings. The normalized spacial score (nSPS) is 17.8. The Kier molecular flexibility index (Phi) is 3.01. The summed E-state index contributed by atoms with van der Waals surface area (Å²) in [4.78, 5) is 25.9. The summed E-state index contributed by atoms with van der Waals surface area (Å²) in [6.45, 7) is 0.757. The zero-order valence-corrected chi connectivity index (χ0v) is 11.0. The fourth-order valence-corrected chi connectivity index (χ4v) is 2.71. The summed E-state index contributed by atoms with van der Waals surface area (Å²) in [6.07, 6.45) is 3.73. The van der Waals surface area contributed by atoms with Crippen LogP contribution in [-0.4, -0.2) is 25.5 Å². The van der Waals surface area contributed by atoms with Crippen LogP contribution in [0.4, 0.5) is 5.69 Å². The number of fused-ring (bicyclic) bond motifs is 1. The Morgan fingerprint density at radius 3 is 2.79 bits per heavy atom. The van der Waals surface area contributed by atoms with Gasteiger partial charge >= 0.3 is 5.97 Å². The van der Waals surface area contributed by atoms with Crippen LogP contribution in [0.2, 0.25) is 0 Å². The molecule has 1 fully saturated rings. The highest BCUT2D eigenvalue weighted by Gasteiger charge is 2.36. The SMILES string of the molecule is COC(=O)c1cccc2c1CCCN2C(=O)C1CC1. The van der Waals surface area contributed by atoms with Crippen LogP contribution in [0.5, 0.6) is 0 Å². The number of hydrogen-bond donors (Lipinski definition) is 0. The maximum atomic E-state index is 12.3. The van der Waals surface area contributed by atoms with E-state index < -0.39 is 0 Å². The Hall–Kier alpha value is -1.84. The van der Waals surface area contributed by atoms with Gasteiger partial charge in [-0.2, -0.15) is 0 Å². The van der Waals surface area contributed by atoms with Crippen molar-refractivity contribution in [2.24, 2.45) is 5.92 Å². The van der Waals surface area contributed by atoms with Crippen molar-refractivity contribution >= 4 is 17.6 Å². The molecule has 1 saturated carbocycles. The second-order valence-electron chi connectivity index (χ2n) is 5.16. The molecule has 1 aliphatic carbocycles. The third-order valence-corrected chi connectivity index (χ3v) is 3.85. The first-order valence-corrected chi connectivity index (χ1v) is 6.74. The summed E-state index contributed by atoms with van der Waals surface area (Å²) >= 11 is 0. The molecule has 0 spiro atoms. The van der Waals surface area contributed by atoms with Crippen LogP contribution >= 0.6 is 0 Å². The summed E-state index contributed by atoms with van der Waals surface area (Å²) < 4.78 is 4.82. The van der Waals surface area contributed by atoms with Crippen molar-refractivity contribution in [1.29, 1.82) is 0 Å². The van der Waals surface area contributed by atoms with Crippen LogP contribution in [0, 0.1) is 5.92 Å². The van der Waals surface area contributed by atoms with Gasteiger partial charge in [-0.15, -0.1) is 0 Å². The van der Waals surface area contributed by atoms with Crippen molar-refractivity contribution < 1.29 is 14.3 Å². The van der Waals surface area contributed by atoms with Crippen molar-refractivity contribution in [3.8, 4) is 0 Å². The number of nitrogens with zero attached hydrogens (tertiary/aromatic N) is 1. The number of ether oxygens (including phenoxy) is 1. The molecular formula is C15H17NO3. The summed E-state index contributed by atoms with van der Waals surface area (Å²) in [5.74, 6) is 0.0910. The Balaban J connectivity index is 2.00. The summed E-state index contributed by atoms with van der Waals surface area (Å²) in [6, 6.07) is 5.53. The van der Waals surface area contributed by atoms with E-state index in [4.69, 9.17) is 4.74 Å². The van der Waals surface area contributed by atoms with Crippen molar-refractivity contribution in [3.63, 3.8) is 0 Å². The molecule has 4 nitrogen and oxygen atoms in total. The van der Waals surface area contributed by atoms with Gasteiger partial charge in [0.05, 0.1) is 12.7 Å². The predicted octanol–water partition coefficient (Wildman–Crippen LogP) is 2.16. The molecule has 3 rings (SSSR count). The number of carbonyl (C=O) groups excluding carboxylic acids is 2. The molecule has 0 aromatic heterocycles. The predicted molar refractivity (Wildman–Crippen MR) is 71.2 cm³/mol. The largest absolute Gasteiger partial charge is 0.465 e. The topological polar surface area (TPSA) is 46.6 Å². The molecule has 0 bridgehead atoms. The van der Waals surface area contributed by atoms with Crippen molar-refractivity contribution in [3.05, 3.63) is 29.3 Å². The molecule has 19 heavy (non-hydrogen) atoms. The number of methoxy groups -OCH3 is 1. The highest BCUT2D eigenvalue weighted by Crippen LogP contribution is 2.36. The van der Waals surface area contributed by atoms with Gasteiger partial charge in [-0.3, -0.25) is 4.79 Å². The van der Waals surface area contributed by atoms with Gasteiger partial charge in [0.15, 0.2) is 0 Å². The lowest BCUT2D eigenvalue weighted by Gasteiger charge is -2.30. The summed E-state index contributed by atoms with van der Waals surface area (Å²) in [7, 11) is 1.39. The number of anilines is 1. The third kappa shape index (κ3) is 2.11. The van der Waals surface area contributed by atoms with Crippen LogP contribution in [0.3, 0.4) is 0 Å². The number of carbonyl (C=O) groups is 2. The lowest BCUT2D eigenvalue weighted by atomic mass is 9.96. The summed E-state index contributed by atoms with van der Waals surface area (Å²) in [5, 5.41) is 0. The van der Waals surface area contributed by atoms with Crippen LogP contribution < -0.4 is 4.90 Å². The Morgan fingerprint density at radius 1 is 1.32 bits per heavy atom. The third-order valence-electron chi connectivity index (χ3n) is 3.85. The first-order valence-electron chi connectivity index (χ1n) is 6.74. The Morgan fingerprint density at radius 2 is 2.11 bits per heavy atom. The first kappa shape index (κ1) is 12.2. The molecule has 2 aliphatic rings. The lowest BCUT2D eigenvalue weighted by Crippen LogP contribution is -2.37. The average Bonchev–Trinajstić information content (AvgIpc) is 3.29. The minimum absolute atomic E-state index is 0.202. The number of amides is 1. The zero-order valence-electron chi connectivity index (χ0n) is 11.0. The van der Waals surface area contributed by atoms with Gasteiger partial charge in [0.1, 0.15) is 0 Å². The van der Waals surface area contributed by atoms with E-state index in [0.717, 1.165) is 43.5 Å². The molecule has 0 N–H and O–H groups in total. The van der Waals surface area contributed by atoms with Gasteiger partial charge in [-0.05, 0) is 43.4 Å². The Bertz CT molecular complexity index is 534. The molecule has 1 heterocycles. The van der Waals surface area contributed by atoms with E-state index in [1.54, 1.807) is 6.07 Å². The fraction of sp³-hybridized carbons (Fsp3) is 0.467. The van der Waals surface area contributed by atoms with E-state index in [1.165, 1.54) is 7.11 Å². The quantitative estimate of drug-likeness (QED) is 0.765. The van der Waals surface area contributed by atoms with Gasteiger partial charge in [-0.25, -0.2) is 4.79 Å². The molecule has 0 saturated heterocycles. The zero-order chi connectivity index (χ0) is 13.4. The van der Waals surface area contributed by atoms with Crippen LogP contribution in [0.25, 0.3) is 0 Å². The van der Waals surface area contributed by atoms with Crippen molar-refractivity contribution in [2.75, 3.05) is 18.6 Å². The highest BCUT2D eigenvalue weighted by molar-refractivity contribution is 6.00. The molecule has 0 unspecified atom stereocenters. The number of esters is 1. The van der Waals surface area contributed by atoms with Crippen LogP contribution in [-0.2, 0) is 16.0 Å². The second-order valence-corrected chi connectivity index (χ2v) is 5.16. The van der Waals surface area contributed by atoms with Crippen molar-refractivity contribution in [1.82, 2.24) is 0 Å². The van der Waals surface area contributed by atoms with E-state index in [1.807, 2.05) is 17.0 Å². The number of rotatable bonds is 2. The molecular weight excluding hydrogens is 242 g/mol. The van der Waals surface area contributed by atoms with Crippen LogP contribution in [0.1, 0.15) is 35.2 Å². The molecule has 0 radical (unpaired) electrons. The van der Waals surface area contributed by atoms with Gasteiger partial charge in [0, 0.05) is 18.2 Å². The molecule has 100 valence electrons. The lowest BCUT2D eigenvalue weighted by molar-refractivity contribution is -0.119.